The summed E-state index contributed by atoms with van der Waals surface area (Å²) >= 11 is 0. The number of aromatic nitrogens is 4. The summed E-state index contributed by atoms with van der Waals surface area (Å²) in [5.41, 5.74) is 2.79. The number of methoxy groups -OCH3 is 1. The highest BCUT2D eigenvalue weighted by Crippen LogP contribution is 2.32. The first kappa shape index (κ1) is 23.8. The number of ether oxygens (including phenoxy) is 2. The first-order chi connectivity index (χ1) is 14.9. The number of aromatic amines is 1. The van der Waals surface area contributed by atoms with E-state index in [2.05, 4.69) is 28.8 Å². The van der Waals surface area contributed by atoms with Gasteiger partial charge >= 0.3 is 0 Å². The van der Waals surface area contributed by atoms with Crippen LogP contribution in [0.25, 0.3) is 11.2 Å². The fourth-order valence-corrected chi connectivity index (χ4v) is 3.91. The molecule has 0 bridgehead atoms. The van der Waals surface area contributed by atoms with E-state index >= 15 is 0 Å². The summed E-state index contributed by atoms with van der Waals surface area (Å²) in [6.45, 7) is 6.09. The van der Waals surface area contributed by atoms with Crippen LogP contribution in [-0.4, -0.2) is 38.6 Å². The van der Waals surface area contributed by atoms with E-state index in [0.29, 0.717) is 23.2 Å². The minimum Gasteiger partial charge on any atom is -0.493 e. The quantitative estimate of drug-likeness (QED) is 0.598. The lowest BCUT2D eigenvalue weighted by Crippen LogP contribution is -2.16. The number of hydrogen-bond acceptors (Lipinski definition) is 5. The molecule has 172 valence electrons. The summed E-state index contributed by atoms with van der Waals surface area (Å²) < 4.78 is 13.7. The van der Waals surface area contributed by atoms with E-state index in [1.54, 1.807) is 13.4 Å². The first-order valence-electron chi connectivity index (χ1n) is 10.8. The Balaban J connectivity index is 0.00000289. The van der Waals surface area contributed by atoms with Crippen LogP contribution in [0.1, 0.15) is 63.8 Å². The van der Waals surface area contributed by atoms with Gasteiger partial charge in [0.2, 0.25) is 5.91 Å². The third kappa shape index (κ3) is 5.12. The van der Waals surface area contributed by atoms with E-state index in [1.165, 1.54) is 19.8 Å². The van der Waals surface area contributed by atoms with Crippen molar-refractivity contribution >= 4 is 29.5 Å². The Morgan fingerprint density at radius 2 is 2.03 bits per heavy atom. The van der Waals surface area contributed by atoms with Gasteiger partial charge in [-0.2, -0.15) is 4.99 Å². The fourth-order valence-electron chi connectivity index (χ4n) is 3.91. The molecule has 3 aromatic rings. The molecule has 9 heteroatoms. The average molecular weight is 460 g/mol. The number of imidazole rings is 1. The number of benzene rings is 1. The van der Waals surface area contributed by atoms with Crippen LogP contribution in [0.15, 0.2) is 29.5 Å². The molecule has 2 aromatic heterocycles. The maximum atomic E-state index is 11.5. The number of rotatable bonds is 6. The van der Waals surface area contributed by atoms with Crippen molar-refractivity contribution in [2.45, 2.75) is 65.0 Å². The number of halogens is 1. The Morgan fingerprint density at radius 1 is 1.28 bits per heavy atom. The molecule has 2 heterocycles. The molecule has 1 aliphatic rings. The Hall–Kier alpha value is -2.87. The highest BCUT2D eigenvalue weighted by Gasteiger charge is 2.19. The molecule has 0 radical (unpaired) electrons. The summed E-state index contributed by atoms with van der Waals surface area (Å²) in [6.07, 6.45) is 6.51. The van der Waals surface area contributed by atoms with Gasteiger partial charge in [0.05, 0.1) is 26.1 Å². The number of fused-ring (bicyclic) bond motifs is 1. The SMILES string of the molecule is COc1ccc(Cn2cnc(=NC(C)=O)c3[nH]c(C(C)C)nc32)cc1OC1CCCC1.Cl. The van der Waals surface area contributed by atoms with Gasteiger partial charge in [-0.3, -0.25) is 4.79 Å². The molecule has 0 atom stereocenters. The smallest absolute Gasteiger partial charge is 0.244 e. The molecule has 4 rings (SSSR count). The van der Waals surface area contributed by atoms with Gasteiger partial charge in [0.15, 0.2) is 22.6 Å². The molecule has 1 amide bonds. The second-order valence-corrected chi connectivity index (χ2v) is 8.31. The number of H-pyrrole nitrogens is 1. The van der Waals surface area contributed by atoms with Crippen molar-refractivity contribution in [1.82, 2.24) is 19.5 Å². The summed E-state index contributed by atoms with van der Waals surface area (Å²) in [5, 5.41) is 0. The standard InChI is InChI=1S/C23H29N5O3.ClH/c1-14(2)21-26-20-22(25-15(3)29)24-13-28(23(20)27-21)12-16-9-10-18(30-4)19(11-16)31-17-7-5-6-8-17;/h9-11,13-14,17H,5-8,12H2,1-4H3,(H,26,27);1H. The van der Waals surface area contributed by atoms with Crippen LogP contribution in [0.3, 0.4) is 0 Å². The first-order valence-corrected chi connectivity index (χ1v) is 10.8. The topological polar surface area (TPSA) is 94.4 Å². The van der Waals surface area contributed by atoms with Crippen LogP contribution >= 0.6 is 12.4 Å². The van der Waals surface area contributed by atoms with Crippen molar-refractivity contribution in [2.24, 2.45) is 4.99 Å². The normalized spacial score (nSPS) is 14.7. The molecule has 1 aromatic carbocycles. The van der Waals surface area contributed by atoms with Crippen LogP contribution in [0.4, 0.5) is 0 Å². The Morgan fingerprint density at radius 3 is 2.69 bits per heavy atom. The zero-order chi connectivity index (χ0) is 22.0. The van der Waals surface area contributed by atoms with E-state index in [1.807, 2.05) is 22.8 Å². The molecule has 0 aliphatic heterocycles. The van der Waals surface area contributed by atoms with E-state index < -0.39 is 0 Å². The van der Waals surface area contributed by atoms with Gasteiger partial charge < -0.3 is 19.0 Å². The van der Waals surface area contributed by atoms with Crippen molar-refractivity contribution in [3.8, 4) is 11.5 Å². The summed E-state index contributed by atoms with van der Waals surface area (Å²) in [5.74, 6) is 2.25. The predicted molar refractivity (Wildman–Crippen MR) is 124 cm³/mol. The number of hydrogen-bond donors (Lipinski definition) is 1. The zero-order valence-corrected chi connectivity index (χ0v) is 19.7. The van der Waals surface area contributed by atoms with Gasteiger partial charge in [0, 0.05) is 12.8 Å². The monoisotopic (exact) mass is 459 g/mol. The van der Waals surface area contributed by atoms with Crippen molar-refractivity contribution in [2.75, 3.05) is 7.11 Å². The maximum absolute atomic E-state index is 11.5. The Kier molecular flexibility index (Phi) is 7.56. The fraction of sp³-hybridized carbons (Fsp3) is 0.478. The molecule has 0 spiro atoms. The summed E-state index contributed by atoms with van der Waals surface area (Å²) in [4.78, 5) is 28.0. The summed E-state index contributed by atoms with van der Waals surface area (Å²) in [6, 6.07) is 5.98. The highest BCUT2D eigenvalue weighted by atomic mass is 35.5. The number of carbonyl (C=O) groups excluding carboxylic acids is 1. The highest BCUT2D eigenvalue weighted by molar-refractivity contribution is 5.85. The summed E-state index contributed by atoms with van der Waals surface area (Å²) in [7, 11) is 1.66. The molecule has 0 unspecified atom stereocenters. The van der Waals surface area contributed by atoms with Crippen molar-refractivity contribution in [3.05, 3.63) is 41.4 Å². The molecule has 1 saturated carbocycles. The van der Waals surface area contributed by atoms with Crippen LogP contribution in [-0.2, 0) is 11.3 Å². The van der Waals surface area contributed by atoms with Gasteiger partial charge in [0.1, 0.15) is 11.3 Å². The van der Waals surface area contributed by atoms with Crippen LogP contribution < -0.4 is 15.0 Å². The molecule has 1 aliphatic carbocycles. The Bertz CT molecular complexity index is 1160. The van der Waals surface area contributed by atoms with Crippen LogP contribution in [0.5, 0.6) is 11.5 Å². The minimum absolute atomic E-state index is 0. The lowest BCUT2D eigenvalue weighted by atomic mass is 10.2. The van der Waals surface area contributed by atoms with Gasteiger partial charge in [-0.1, -0.05) is 19.9 Å². The molecule has 1 fully saturated rings. The number of carbonyl (C=O) groups is 1. The maximum Gasteiger partial charge on any atom is 0.244 e. The van der Waals surface area contributed by atoms with E-state index in [9.17, 15) is 4.79 Å². The molecule has 1 N–H and O–H groups in total. The second kappa shape index (κ2) is 10.2. The molecule has 32 heavy (non-hydrogen) atoms. The van der Waals surface area contributed by atoms with Gasteiger partial charge in [-0.05, 0) is 43.4 Å². The molecule has 8 nitrogen and oxygen atoms in total. The number of amides is 1. The Labute approximate surface area is 193 Å². The zero-order valence-electron chi connectivity index (χ0n) is 18.9. The lowest BCUT2D eigenvalue weighted by Gasteiger charge is -2.17. The van der Waals surface area contributed by atoms with Crippen molar-refractivity contribution in [3.63, 3.8) is 0 Å². The largest absolute Gasteiger partial charge is 0.493 e. The predicted octanol–water partition coefficient (Wildman–Crippen LogP) is 4.13. The van der Waals surface area contributed by atoms with Crippen molar-refractivity contribution in [1.29, 1.82) is 0 Å². The molecular weight excluding hydrogens is 430 g/mol. The number of nitrogens with zero attached hydrogens (tertiary/aromatic N) is 4. The van der Waals surface area contributed by atoms with Crippen LogP contribution in [0, 0.1) is 0 Å². The second-order valence-electron chi connectivity index (χ2n) is 8.31. The van der Waals surface area contributed by atoms with E-state index in [0.717, 1.165) is 35.7 Å². The minimum atomic E-state index is -0.295. The molecule has 0 saturated heterocycles. The third-order valence-corrected chi connectivity index (χ3v) is 5.51. The van der Waals surface area contributed by atoms with Crippen LogP contribution in [0.2, 0.25) is 0 Å². The molecular formula is C23H30ClN5O3. The van der Waals surface area contributed by atoms with Crippen molar-refractivity contribution < 1.29 is 14.3 Å². The van der Waals surface area contributed by atoms with Gasteiger partial charge in [0.25, 0.3) is 0 Å². The van der Waals surface area contributed by atoms with Gasteiger partial charge in [-0.25, -0.2) is 9.97 Å². The average Bonchev–Trinajstić information content (AvgIpc) is 3.40. The van der Waals surface area contributed by atoms with E-state index in [4.69, 9.17) is 14.5 Å². The van der Waals surface area contributed by atoms with E-state index in [-0.39, 0.29) is 30.3 Å². The number of nitrogens with one attached hydrogen (secondary N) is 1. The van der Waals surface area contributed by atoms with Gasteiger partial charge in [-0.15, -0.1) is 12.4 Å². The lowest BCUT2D eigenvalue weighted by molar-refractivity contribution is -0.116. The third-order valence-electron chi connectivity index (χ3n) is 5.51.